The van der Waals surface area contributed by atoms with E-state index < -0.39 is 0 Å². The van der Waals surface area contributed by atoms with Crippen LogP contribution >= 0.6 is 0 Å². The average Bonchev–Trinajstić information content (AvgIpc) is 2.51. The summed E-state index contributed by atoms with van der Waals surface area (Å²) in [7, 11) is 3.31. The second-order valence-electron chi connectivity index (χ2n) is 5.08. The maximum absolute atomic E-state index is 5.89. The van der Waals surface area contributed by atoms with Crippen LogP contribution in [0.2, 0.25) is 0 Å². The molecule has 4 heteroatoms. The van der Waals surface area contributed by atoms with Crippen molar-refractivity contribution < 1.29 is 14.2 Å². The minimum absolute atomic E-state index is 0.678. The van der Waals surface area contributed by atoms with Crippen LogP contribution in [0.5, 0.6) is 17.2 Å². The van der Waals surface area contributed by atoms with Gasteiger partial charge >= 0.3 is 0 Å². The molecule has 0 unspecified atom stereocenters. The van der Waals surface area contributed by atoms with Crippen molar-refractivity contribution in [3.05, 3.63) is 17.7 Å². The molecule has 21 heavy (non-hydrogen) atoms. The number of hydrogen-bond acceptors (Lipinski definition) is 4. The molecule has 0 heterocycles. The van der Waals surface area contributed by atoms with Gasteiger partial charge in [-0.05, 0) is 57.1 Å². The van der Waals surface area contributed by atoms with Crippen LogP contribution in [0.1, 0.15) is 32.3 Å². The fourth-order valence-corrected chi connectivity index (χ4v) is 2.30. The summed E-state index contributed by atoms with van der Waals surface area (Å²) >= 11 is 0. The van der Waals surface area contributed by atoms with Crippen LogP contribution in [0.3, 0.4) is 0 Å². The van der Waals surface area contributed by atoms with E-state index in [2.05, 4.69) is 18.7 Å². The Morgan fingerprint density at radius 2 is 1.52 bits per heavy atom. The number of nitrogens with zero attached hydrogens (tertiary/aromatic N) is 1. The summed E-state index contributed by atoms with van der Waals surface area (Å²) in [5.74, 6) is 2.17. The van der Waals surface area contributed by atoms with E-state index in [0.29, 0.717) is 12.4 Å². The van der Waals surface area contributed by atoms with Gasteiger partial charge in [0.2, 0.25) is 5.75 Å². The smallest absolute Gasteiger partial charge is 0.203 e. The number of methoxy groups -OCH3 is 2. The molecule has 0 spiro atoms. The van der Waals surface area contributed by atoms with Crippen molar-refractivity contribution >= 4 is 0 Å². The highest BCUT2D eigenvalue weighted by Crippen LogP contribution is 2.38. The van der Waals surface area contributed by atoms with E-state index in [-0.39, 0.29) is 0 Å². The number of aryl methyl sites for hydroxylation is 1. The topological polar surface area (TPSA) is 30.9 Å². The standard InChI is InChI=1S/C17H29NO3/c1-6-18(7-2)10-8-9-11-21-17-15(19-4)12-14(3)13-16(17)20-5/h12-13H,6-11H2,1-5H3. The van der Waals surface area contributed by atoms with Gasteiger partial charge in [0.25, 0.3) is 0 Å². The second-order valence-corrected chi connectivity index (χ2v) is 5.08. The first-order valence-corrected chi connectivity index (χ1v) is 7.74. The summed E-state index contributed by atoms with van der Waals surface area (Å²) < 4.78 is 16.7. The van der Waals surface area contributed by atoms with Crippen molar-refractivity contribution in [2.75, 3.05) is 40.5 Å². The van der Waals surface area contributed by atoms with Crippen molar-refractivity contribution in [2.45, 2.75) is 33.6 Å². The number of unbranched alkanes of at least 4 members (excludes halogenated alkanes) is 1. The van der Waals surface area contributed by atoms with Gasteiger partial charge in [0.15, 0.2) is 11.5 Å². The van der Waals surface area contributed by atoms with Crippen LogP contribution in [-0.2, 0) is 0 Å². The van der Waals surface area contributed by atoms with E-state index in [1.54, 1.807) is 14.2 Å². The number of rotatable bonds is 10. The molecule has 0 aliphatic heterocycles. The van der Waals surface area contributed by atoms with E-state index in [9.17, 15) is 0 Å². The molecule has 0 amide bonds. The normalized spacial score (nSPS) is 10.8. The number of benzene rings is 1. The van der Waals surface area contributed by atoms with Gasteiger partial charge in [-0.1, -0.05) is 13.8 Å². The molecule has 1 rings (SSSR count). The molecule has 0 aliphatic carbocycles. The molecule has 0 bridgehead atoms. The maximum Gasteiger partial charge on any atom is 0.203 e. The highest BCUT2D eigenvalue weighted by molar-refractivity contribution is 5.53. The van der Waals surface area contributed by atoms with Gasteiger partial charge in [-0.2, -0.15) is 0 Å². The van der Waals surface area contributed by atoms with Gasteiger partial charge in [-0.3, -0.25) is 0 Å². The Morgan fingerprint density at radius 3 is 2.00 bits per heavy atom. The average molecular weight is 295 g/mol. The first kappa shape index (κ1) is 17.6. The first-order chi connectivity index (χ1) is 10.2. The zero-order valence-corrected chi connectivity index (χ0v) is 14.1. The first-order valence-electron chi connectivity index (χ1n) is 7.74. The van der Waals surface area contributed by atoms with Crippen LogP contribution in [0.15, 0.2) is 12.1 Å². The lowest BCUT2D eigenvalue weighted by atomic mass is 10.2. The van der Waals surface area contributed by atoms with E-state index in [1.165, 1.54) is 0 Å². The lowest BCUT2D eigenvalue weighted by Crippen LogP contribution is -2.24. The van der Waals surface area contributed by atoms with E-state index in [1.807, 2.05) is 19.1 Å². The minimum Gasteiger partial charge on any atom is -0.493 e. The van der Waals surface area contributed by atoms with E-state index in [4.69, 9.17) is 14.2 Å². The molecular formula is C17H29NO3. The molecule has 0 saturated heterocycles. The lowest BCUT2D eigenvalue weighted by molar-refractivity contribution is 0.249. The van der Waals surface area contributed by atoms with E-state index >= 15 is 0 Å². The molecule has 0 atom stereocenters. The minimum atomic E-state index is 0.678. The van der Waals surface area contributed by atoms with Gasteiger partial charge in [0.05, 0.1) is 20.8 Å². The Labute approximate surface area is 129 Å². The van der Waals surface area contributed by atoms with Crippen LogP contribution in [-0.4, -0.2) is 45.4 Å². The summed E-state index contributed by atoms with van der Waals surface area (Å²) in [5.41, 5.74) is 1.09. The highest BCUT2D eigenvalue weighted by Gasteiger charge is 2.12. The van der Waals surface area contributed by atoms with Crippen molar-refractivity contribution in [1.82, 2.24) is 4.90 Å². The van der Waals surface area contributed by atoms with Gasteiger partial charge < -0.3 is 19.1 Å². The highest BCUT2D eigenvalue weighted by atomic mass is 16.5. The molecule has 1 aromatic rings. The molecule has 0 aromatic heterocycles. The van der Waals surface area contributed by atoms with Crippen LogP contribution in [0, 0.1) is 6.92 Å². The predicted octanol–water partition coefficient (Wildman–Crippen LogP) is 3.51. The molecule has 120 valence electrons. The molecule has 0 fully saturated rings. The molecule has 4 nitrogen and oxygen atoms in total. The molecular weight excluding hydrogens is 266 g/mol. The van der Waals surface area contributed by atoms with Gasteiger partial charge in [0, 0.05) is 0 Å². The van der Waals surface area contributed by atoms with Crippen LogP contribution < -0.4 is 14.2 Å². The third-order valence-corrected chi connectivity index (χ3v) is 3.61. The van der Waals surface area contributed by atoms with Crippen molar-refractivity contribution in [1.29, 1.82) is 0 Å². The molecule has 1 aromatic carbocycles. The van der Waals surface area contributed by atoms with Gasteiger partial charge in [-0.25, -0.2) is 0 Å². The monoisotopic (exact) mass is 295 g/mol. The van der Waals surface area contributed by atoms with Crippen molar-refractivity contribution in [3.63, 3.8) is 0 Å². The van der Waals surface area contributed by atoms with Crippen LogP contribution in [0.25, 0.3) is 0 Å². The Bertz CT molecular complexity index is 391. The van der Waals surface area contributed by atoms with Crippen molar-refractivity contribution in [3.8, 4) is 17.2 Å². The number of ether oxygens (including phenoxy) is 3. The summed E-state index contributed by atoms with van der Waals surface area (Å²) in [5, 5.41) is 0. The van der Waals surface area contributed by atoms with Gasteiger partial charge in [-0.15, -0.1) is 0 Å². The summed E-state index contributed by atoms with van der Waals surface area (Å²) in [4.78, 5) is 2.42. The third kappa shape index (κ3) is 5.46. The quantitative estimate of drug-likeness (QED) is 0.618. The zero-order valence-electron chi connectivity index (χ0n) is 14.1. The number of hydrogen-bond donors (Lipinski definition) is 0. The summed E-state index contributed by atoms with van der Waals surface area (Å²) in [6.07, 6.45) is 2.16. The maximum atomic E-state index is 5.89. The SMILES string of the molecule is CCN(CC)CCCCOc1c(OC)cc(C)cc1OC. The summed E-state index contributed by atoms with van der Waals surface area (Å²) in [6.45, 7) is 10.4. The second kappa shape index (κ2) is 9.50. The Kier molecular flexibility index (Phi) is 7.98. The molecule has 0 N–H and O–H groups in total. The fourth-order valence-electron chi connectivity index (χ4n) is 2.30. The van der Waals surface area contributed by atoms with Crippen molar-refractivity contribution in [2.24, 2.45) is 0 Å². The van der Waals surface area contributed by atoms with Gasteiger partial charge in [0.1, 0.15) is 0 Å². The Hall–Kier alpha value is -1.42. The Morgan fingerprint density at radius 1 is 0.952 bits per heavy atom. The third-order valence-electron chi connectivity index (χ3n) is 3.61. The fraction of sp³-hybridized carbons (Fsp3) is 0.647. The lowest BCUT2D eigenvalue weighted by Gasteiger charge is -2.18. The zero-order chi connectivity index (χ0) is 15.7. The van der Waals surface area contributed by atoms with E-state index in [0.717, 1.165) is 49.5 Å². The predicted molar refractivity (Wildman–Crippen MR) is 86.8 cm³/mol. The van der Waals surface area contributed by atoms with Crippen LogP contribution in [0.4, 0.5) is 0 Å². The molecule has 0 radical (unpaired) electrons. The molecule has 0 aliphatic rings. The Balaban J connectivity index is 2.51. The molecule has 0 saturated carbocycles. The summed E-state index contributed by atoms with van der Waals surface area (Å²) in [6, 6.07) is 3.93. The largest absolute Gasteiger partial charge is 0.493 e.